The van der Waals surface area contributed by atoms with E-state index >= 15 is 0 Å². The Morgan fingerprint density at radius 1 is 1.30 bits per heavy atom. The number of hydrogen-bond donors (Lipinski definition) is 1. The first kappa shape index (κ1) is 15.1. The van der Waals surface area contributed by atoms with Gasteiger partial charge in [-0.15, -0.1) is 0 Å². The lowest BCUT2D eigenvalue weighted by Crippen LogP contribution is -2.23. The van der Waals surface area contributed by atoms with Gasteiger partial charge in [0.15, 0.2) is 0 Å². The summed E-state index contributed by atoms with van der Waals surface area (Å²) in [4.78, 5) is 4.41. The summed E-state index contributed by atoms with van der Waals surface area (Å²) in [6, 6.07) is 10.8. The second-order valence-corrected chi connectivity index (χ2v) is 5.65. The van der Waals surface area contributed by atoms with Crippen LogP contribution in [0, 0.1) is 5.82 Å². The van der Waals surface area contributed by atoms with Crippen molar-refractivity contribution in [2.45, 2.75) is 19.3 Å². The number of likely N-dealkylation sites (N-methyl/N-ethyl adjacent to an activating group) is 1. The third-order valence-electron chi connectivity index (χ3n) is 3.20. The Bertz CT molecular complexity index is 542. The predicted molar refractivity (Wildman–Crippen MR) is 83.3 cm³/mol. The van der Waals surface area contributed by atoms with E-state index in [0.717, 1.165) is 35.2 Å². The molecule has 0 aliphatic heterocycles. The third-order valence-corrected chi connectivity index (χ3v) is 3.67. The minimum Gasteiger partial charge on any atom is -0.316 e. The van der Waals surface area contributed by atoms with Crippen molar-refractivity contribution in [3.63, 3.8) is 0 Å². The average Bonchev–Trinajstić information content (AvgIpc) is 2.45. The van der Waals surface area contributed by atoms with Crippen molar-refractivity contribution < 1.29 is 4.39 Å². The highest BCUT2D eigenvalue weighted by Crippen LogP contribution is 2.21. The van der Waals surface area contributed by atoms with Gasteiger partial charge in [0.1, 0.15) is 5.82 Å². The van der Waals surface area contributed by atoms with Crippen LogP contribution in [0.1, 0.15) is 24.1 Å². The molecule has 1 aromatic carbocycles. The molecule has 106 valence electrons. The topological polar surface area (TPSA) is 24.9 Å². The van der Waals surface area contributed by atoms with Crippen LogP contribution in [0.3, 0.4) is 0 Å². The van der Waals surface area contributed by atoms with Crippen molar-refractivity contribution in [1.82, 2.24) is 10.3 Å². The van der Waals surface area contributed by atoms with Crippen LogP contribution in [-0.4, -0.2) is 18.1 Å². The van der Waals surface area contributed by atoms with Gasteiger partial charge < -0.3 is 5.32 Å². The summed E-state index contributed by atoms with van der Waals surface area (Å²) in [5, 5.41) is 3.34. The maximum absolute atomic E-state index is 13.4. The molecule has 0 amide bonds. The summed E-state index contributed by atoms with van der Waals surface area (Å²) >= 11 is 3.38. The van der Waals surface area contributed by atoms with Gasteiger partial charge in [-0.2, -0.15) is 0 Å². The van der Waals surface area contributed by atoms with Crippen molar-refractivity contribution in [1.29, 1.82) is 0 Å². The summed E-state index contributed by atoms with van der Waals surface area (Å²) in [6.07, 6.45) is 2.59. The highest BCUT2D eigenvalue weighted by Gasteiger charge is 2.13. The standard InChI is InChI=1S/C16H18BrFN2/c1-2-19-10-13(12-4-3-5-15(18)8-12)9-16-7-6-14(17)11-20-16/h3-8,11,13,19H,2,9-10H2,1H3. The normalized spacial score (nSPS) is 12.3. The molecule has 0 aliphatic rings. The van der Waals surface area contributed by atoms with Gasteiger partial charge >= 0.3 is 0 Å². The molecule has 0 saturated carbocycles. The molecule has 1 aromatic heterocycles. The smallest absolute Gasteiger partial charge is 0.123 e. The van der Waals surface area contributed by atoms with Gasteiger partial charge in [-0.05, 0) is 58.7 Å². The van der Waals surface area contributed by atoms with Crippen LogP contribution in [0.25, 0.3) is 0 Å². The number of nitrogens with zero attached hydrogens (tertiary/aromatic N) is 1. The van der Waals surface area contributed by atoms with Crippen LogP contribution in [0.4, 0.5) is 4.39 Å². The zero-order chi connectivity index (χ0) is 14.4. The summed E-state index contributed by atoms with van der Waals surface area (Å²) in [6.45, 7) is 3.79. The van der Waals surface area contributed by atoms with Crippen molar-refractivity contribution in [2.75, 3.05) is 13.1 Å². The average molecular weight is 337 g/mol. The number of nitrogens with one attached hydrogen (secondary N) is 1. The van der Waals surface area contributed by atoms with E-state index in [1.165, 1.54) is 6.07 Å². The van der Waals surface area contributed by atoms with Crippen LogP contribution in [0.15, 0.2) is 47.1 Å². The molecule has 0 saturated heterocycles. The van der Waals surface area contributed by atoms with E-state index in [9.17, 15) is 4.39 Å². The molecule has 0 aliphatic carbocycles. The molecule has 0 bridgehead atoms. The van der Waals surface area contributed by atoms with Crippen molar-refractivity contribution in [2.24, 2.45) is 0 Å². The van der Waals surface area contributed by atoms with Gasteiger partial charge in [-0.3, -0.25) is 4.98 Å². The maximum atomic E-state index is 13.4. The van der Waals surface area contributed by atoms with Gasteiger partial charge in [0.2, 0.25) is 0 Å². The Morgan fingerprint density at radius 3 is 2.80 bits per heavy atom. The number of aromatic nitrogens is 1. The number of hydrogen-bond acceptors (Lipinski definition) is 2. The third kappa shape index (κ3) is 4.39. The summed E-state index contributed by atoms with van der Waals surface area (Å²) in [5.41, 5.74) is 2.02. The molecule has 2 aromatic rings. The van der Waals surface area contributed by atoms with E-state index < -0.39 is 0 Å². The maximum Gasteiger partial charge on any atom is 0.123 e. The number of pyridine rings is 1. The molecule has 1 unspecified atom stereocenters. The van der Waals surface area contributed by atoms with Gasteiger partial charge in [0.25, 0.3) is 0 Å². The zero-order valence-corrected chi connectivity index (χ0v) is 13.0. The molecule has 0 spiro atoms. The molecule has 1 heterocycles. The van der Waals surface area contributed by atoms with Crippen LogP contribution in [0.5, 0.6) is 0 Å². The molecule has 20 heavy (non-hydrogen) atoms. The molecular weight excluding hydrogens is 319 g/mol. The van der Waals surface area contributed by atoms with Gasteiger partial charge in [0, 0.05) is 28.8 Å². The largest absolute Gasteiger partial charge is 0.316 e. The molecule has 0 radical (unpaired) electrons. The van der Waals surface area contributed by atoms with E-state index in [0.29, 0.717) is 0 Å². The van der Waals surface area contributed by atoms with Crippen molar-refractivity contribution in [3.8, 4) is 0 Å². The minimum atomic E-state index is -0.187. The van der Waals surface area contributed by atoms with Crippen molar-refractivity contribution in [3.05, 3.63) is 64.1 Å². The predicted octanol–water partition coefficient (Wildman–Crippen LogP) is 3.92. The van der Waals surface area contributed by atoms with E-state index in [4.69, 9.17) is 0 Å². The summed E-state index contributed by atoms with van der Waals surface area (Å²) in [5.74, 6) is 0.0343. The first-order valence-electron chi connectivity index (χ1n) is 6.75. The van der Waals surface area contributed by atoms with Gasteiger partial charge in [0.05, 0.1) is 0 Å². The van der Waals surface area contributed by atoms with Crippen LogP contribution in [-0.2, 0) is 6.42 Å². The van der Waals surface area contributed by atoms with E-state index in [-0.39, 0.29) is 11.7 Å². The lowest BCUT2D eigenvalue weighted by atomic mass is 9.93. The van der Waals surface area contributed by atoms with Gasteiger partial charge in [-0.1, -0.05) is 19.1 Å². The molecule has 4 heteroatoms. The first-order valence-corrected chi connectivity index (χ1v) is 7.55. The monoisotopic (exact) mass is 336 g/mol. The summed E-state index contributed by atoms with van der Waals surface area (Å²) < 4.78 is 14.4. The molecular formula is C16H18BrFN2. The van der Waals surface area contributed by atoms with E-state index in [1.54, 1.807) is 18.3 Å². The second-order valence-electron chi connectivity index (χ2n) is 4.73. The Balaban J connectivity index is 2.16. The zero-order valence-electron chi connectivity index (χ0n) is 11.4. The number of halogens is 2. The lowest BCUT2D eigenvalue weighted by Gasteiger charge is -2.17. The molecule has 2 nitrogen and oxygen atoms in total. The van der Waals surface area contributed by atoms with Crippen LogP contribution in [0.2, 0.25) is 0 Å². The van der Waals surface area contributed by atoms with E-state index in [1.807, 2.05) is 18.2 Å². The molecule has 0 fully saturated rings. The Kier molecular flexibility index (Phi) is 5.68. The first-order chi connectivity index (χ1) is 9.69. The summed E-state index contributed by atoms with van der Waals surface area (Å²) in [7, 11) is 0. The SMILES string of the molecule is CCNCC(Cc1ccc(Br)cn1)c1cccc(F)c1. The minimum absolute atomic E-state index is 0.187. The molecule has 1 atom stereocenters. The fraction of sp³-hybridized carbons (Fsp3) is 0.312. The Labute approximate surface area is 127 Å². The van der Waals surface area contributed by atoms with Crippen LogP contribution >= 0.6 is 15.9 Å². The number of rotatable bonds is 6. The number of benzene rings is 1. The van der Waals surface area contributed by atoms with Gasteiger partial charge in [-0.25, -0.2) is 4.39 Å². The quantitative estimate of drug-likeness (QED) is 0.864. The Hall–Kier alpha value is -1.26. The van der Waals surface area contributed by atoms with E-state index in [2.05, 4.69) is 33.2 Å². The highest BCUT2D eigenvalue weighted by atomic mass is 79.9. The molecule has 1 N–H and O–H groups in total. The molecule has 2 rings (SSSR count). The lowest BCUT2D eigenvalue weighted by molar-refractivity contribution is 0.578. The second kappa shape index (κ2) is 7.50. The fourth-order valence-electron chi connectivity index (χ4n) is 2.17. The Morgan fingerprint density at radius 2 is 2.15 bits per heavy atom. The van der Waals surface area contributed by atoms with Crippen molar-refractivity contribution >= 4 is 15.9 Å². The highest BCUT2D eigenvalue weighted by molar-refractivity contribution is 9.10. The fourth-order valence-corrected chi connectivity index (χ4v) is 2.40. The van der Waals surface area contributed by atoms with Crippen LogP contribution < -0.4 is 5.32 Å².